The van der Waals surface area contributed by atoms with Crippen molar-refractivity contribution in [1.82, 2.24) is 4.90 Å². The quantitative estimate of drug-likeness (QED) is 0.461. The van der Waals surface area contributed by atoms with Crippen molar-refractivity contribution in [3.8, 4) is 0 Å². The summed E-state index contributed by atoms with van der Waals surface area (Å²) in [4.78, 5) is 2.01. The Labute approximate surface area is 57.8 Å². The molecule has 0 radical (unpaired) electrons. The van der Waals surface area contributed by atoms with Crippen LogP contribution in [-0.4, -0.2) is 11.4 Å². The maximum absolute atomic E-state index is 5.17. The highest BCUT2D eigenvalue weighted by molar-refractivity contribution is 5.41. The zero-order chi connectivity index (χ0) is 6.55. The van der Waals surface area contributed by atoms with Crippen LogP contribution in [0.5, 0.6) is 0 Å². The molecule has 3 aliphatic heterocycles. The van der Waals surface area contributed by atoms with E-state index in [1.54, 1.807) is 6.26 Å². The topological polar surface area (TPSA) is 25.0 Å². The van der Waals surface area contributed by atoms with Gasteiger partial charge in [0.15, 0.2) is 5.76 Å². The first kappa shape index (κ1) is 4.44. The molecular weight excluding hydrogens is 130 g/mol. The third kappa shape index (κ3) is 0.375. The Morgan fingerprint density at radius 2 is 2.50 bits per heavy atom. The molecule has 3 nitrogen and oxygen atoms in total. The molecule has 0 aromatic carbocycles. The maximum atomic E-state index is 5.17. The largest absolute Gasteiger partial charge is 0.444 e. The van der Waals surface area contributed by atoms with Gasteiger partial charge in [-0.25, -0.2) is 0 Å². The minimum absolute atomic E-state index is 0.845. The molecule has 0 saturated carbocycles. The third-order valence-electron chi connectivity index (χ3n) is 1.74. The SMILES string of the molecule is C1=CN2CC=C3OC3=C2O1. The van der Waals surface area contributed by atoms with Crippen LogP contribution in [0.3, 0.4) is 0 Å². The lowest BCUT2D eigenvalue weighted by Gasteiger charge is -2.12. The summed E-state index contributed by atoms with van der Waals surface area (Å²) in [6.07, 6.45) is 5.61. The molecular formula is C7H5NO2. The Kier molecular flexibility index (Phi) is 0.537. The van der Waals surface area contributed by atoms with Gasteiger partial charge in [0.2, 0.25) is 11.6 Å². The van der Waals surface area contributed by atoms with Crippen molar-refractivity contribution < 1.29 is 9.47 Å². The molecule has 0 N–H and O–H groups in total. The van der Waals surface area contributed by atoms with Crippen LogP contribution in [0.4, 0.5) is 0 Å². The summed E-state index contributed by atoms with van der Waals surface area (Å²) in [5.41, 5.74) is 0. The molecule has 10 heavy (non-hydrogen) atoms. The van der Waals surface area contributed by atoms with Crippen molar-refractivity contribution in [2.24, 2.45) is 0 Å². The van der Waals surface area contributed by atoms with Crippen LogP contribution in [0.25, 0.3) is 0 Å². The van der Waals surface area contributed by atoms with Crippen LogP contribution in [0.1, 0.15) is 0 Å². The van der Waals surface area contributed by atoms with Crippen LogP contribution in [0, 0.1) is 0 Å². The van der Waals surface area contributed by atoms with Crippen molar-refractivity contribution in [2.75, 3.05) is 6.54 Å². The lowest BCUT2D eigenvalue weighted by molar-refractivity contribution is 0.273. The minimum Gasteiger partial charge on any atom is -0.444 e. The van der Waals surface area contributed by atoms with E-state index in [1.807, 2.05) is 17.2 Å². The molecule has 0 bridgehead atoms. The van der Waals surface area contributed by atoms with Crippen LogP contribution in [0.2, 0.25) is 0 Å². The summed E-state index contributed by atoms with van der Waals surface area (Å²) in [7, 11) is 0. The van der Waals surface area contributed by atoms with Crippen molar-refractivity contribution >= 4 is 0 Å². The molecule has 3 rings (SSSR count). The Morgan fingerprint density at radius 1 is 1.50 bits per heavy atom. The van der Waals surface area contributed by atoms with Crippen molar-refractivity contribution in [1.29, 1.82) is 0 Å². The second-order valence-corrected chi connectivity index (χ2v) is 2.36. The fourth-order valence-electron chi connectivity index (χ4n) is 1.18. The number of nitrogens with zero attached hydrogens (tertiary/aromatic N) is 1. The zero-order valence-electron chi connectivity index (χ0n) is 5.20. The van der Waals surface area contributed by atoms with Crippen LogP contribution < -0.4 is 0 Å². The molecule has 0 amide bonds. The van der Waals surface area contributed by atoms with Gasteiger partial charge in [-0.3, -0.25) is 0 Å². The molecule has 0 aromatic heterocycles. The molecule has 0 unspecified atom stereocenters. The van der Waals surface area contributed by atoms with Gasteiger partial charge in [0.05, 0.1) is 0 Å². The second kappa shape index (κ2) is 1.21. The van der Waals surface area contributed by atoms with E-state index >= 15 is 0 Å². The first-order chi connectivity index (χ1) is 4.95. The first-order valence-corrected chi connectivity index (χ1v) is 3.18. The van der Waals surface area contributed by atoms with Gasteiger partial charge >= 0.3 is 0 Å². The average molecular weight is 135 g/mol. The van der Waals surface area contributed by atoms with Crippen LogP contribution in [0.15, 0.2) is 35.9 Å². The Bertz CT molecular complexity index is 288. The highest BCUT2D eigenvalue weighted by Crippen LogP contribution is 2.41. The molecule has 3 heteroatoms. The van der Waals surface area contributed by atoms with Gasteiger partial charge < -0.3 is 14.4 Å². The molecule has 0 spiro atoms. The predicted molar refractivity (Wildman–Crippen MR) is 33.1 cm³/mol. The Hall–Kier alpha value is -1.38. The van der Waals surface area contributed by atoms with Gasteiger partial charge in [0.25, 0.3) is 0 Å². The molecule has 50 valence electrons. The lowest BCUT2D eigenvalue weighted by atomic mass is 10.3. The van der Waals surface area contributed by atoms with E-state index in [9.17, 15) is 0 Å². The first-order valence-electron chi connectivity index (χ1n) is 3.18. The van der Waals surface area contributed by atoms with Crippen molar-refractivity contribution in [2.45, 2.75) is 0 Å². The highest BCUT2D eigenvalue weighted by atomic mass is 16.6. The van der Waals surface area contributed by atoms with Gasteiger partial charge in [-0.05, 0) is 6.08 Å². The predicted octanol–water partition coefficient (Wildman–Crippen LogP) is 0.887. The Balaban J connectivity index is 2.15. The van der Waals surface area contributed by atoms with E-state index in [1.165, 1.54) is 0 Å². The maximum Gasteiger partial charge on any atom is 0.247 e. The fraction of sp³-hybridized carbons (Fsp3) is 0.143. The summed E-state index contributed by atoms with van der Waals surface area (Å²) in [6.45, 7) is 0.866. The summed E-state index contributed by atoms with van der Waals surface area (Å²) < 4.78 is 10.3. The zero-order valence-corrected chi connectivity index (χ0v) is 5.20. The number of hydrogen-bond donors (Lipinski definition) is 0. The summed E-state index contributed by atoms with van der Waals surface area (Å²) >= 11 is 0. The standard InChI is InChI=1S/C7H5NO2/c1-2-8-3-4-9-7(8)6-5(1)10-6/h1,3-4H,2H2. The molecule has 3 aliphatic rings. The summed E-state index contributed by atoms with van der Waals surface area (Å²) in [5, 5.41) is 0. The molecule has 0 atom stereocenters. The molecule has 0 aromatic rings. The van der Waals surface area contributed by atoms with Gasteiger partial charge in [0, 0.05) is 12.7 Å². The van der Waals surface area contributed by atoms with Gasteiger partial charge in [-0.1, -0.05) is 0 Å². The molecule has 1 saturated heterocycles. The fourth-order valence-corrected chi connectivity index (χ4v) is 1.18. The van der Waals surface area contributed by atoms with E-state index in [4.69, 9.17) is 9.47 Å². The van der Waals surface area contributed by atoms with Crippen LogP contribution in [-0.2, 0) is 9.47 Å². The van der Waals surface area contributed by atoms with Crippen LogP contribution >= 0.6 is 0 Å². The van der Waals surface area contributed by atoms with Crippen molar-refractivity contribution in [3.05, 3.63) is 35.9 Å². The second-order valence-electron chi connectivity index (χ2n) is 2.36. The van der Waals surface area contributed by atoms with E-state index < -0.39 is 0 Å². The number of fused-ring (bicyclic) bond motifs is 2. The molecule has 1 fully saturated rings. The highest BCUT2D eigenvalue weighted by Gasteiger charge is 2.38. The van der Waals surface area contributed by atoms with E-state index in [2.05, 4.69) is 0 Å². The van der Waals surface area contributed by atoms with E-state index in [0.717, 1.165) is 23.9 Å². The molecule has 0 aliphatic carbocycles. The van der Waals surface area contributed by atoms with Gasteiger partial charge in [-0.15, -0.1) is 0 Å². The average Bonchev–Trinajstić information content (AvgIpc) is 2.60. The number of epoxide rings is 1. The van der Waals surface area contributed by atoms with E-state index in [0.29, 0.717) is 0 Å². The number of rotatable bonds is 0. The van der Waals surface area contributed by atoms with Gasteiger partial charge in [-0.2, -0.15) is 0 Å². The smallest absolute Gasteiger partial charge is 0.247 e. The Morgan fingerprint density at radius 3 is 3.50 bits per heavy atom. The monoisotopic (exact) mass is 135 g/mol. The normalized spacial score (nSPS) is 24.8. The summed E-state index contributed by atoms with van der Waals surface area (Å²) in [6, 6.07) is 0. The lowest BCUT2D eigenvalue weighted by Crippen LogP contribution is -2.14. The minimum atomic E-state index is 0.845. The summed E-state index contributed by atoms with van der Waals surface area (Å²) in [5.74, 6) is 2.73. The van der Waals surface area contributed by atoms with Crippen molar-refractivity contribution in [3.63, 3.8) is 0 Å². The van der Waals surface area contributed by atoms with E-state index in [-0.39, 0.29) is 0 Å². The third-order valence-corrected chi connectivity index (χ3v) is 1.74. The number of hydrogen-bond acceptors (Lipinski definition) is 3. The molecule has 3 heterocycles. The number of ether oxygens (including phenoxy) is 2. The van der Waals surface area contributed by atoms with Gasteiger partial charge in [0.1, 0.15) is 6.26 Å².